The smallest absolute Gasteiger partial charge is 0.315 e. The van der Waals surface area contributed by atoms with Gasteiger partial charge in [-0.1, -0.05) is 12.1 Å². The summed E-state index contributed by atoms with van der Waals surface area (Å²) in [6.45, 7) is 1.89. The standard InChI is InChI=1S/C24H24ClN5O2/c1-24(29-23(31)28-16-4-5-16)9-7-17(12-22(24)25)32-21-8-10-27-19-11-15(3-6-18(19)21)20-13-26-14-30(20)2/h3,6-14,16,22H,4-5H2,1-2H3,(H2,28,29,31). The van der Waals surface area contributed by atoms with E-state index >= 15 is 0 Å². The number of fused-ring (bicyclic) bond motifs is 1. The van der Waals surface area contributed by atoms with E-state index < -0.39 is 10.9 Å². The Morgan fingerprint density at radius 1 is 1.31 bits per heavy atom. The van der Waals surface area contributed by atoms with Crippen LogP contribution in [0.1, 0.15) is 19.8 Å². The first kappa shape index (κ1) is 20.6. The molecule has 8 heteroatoms. The van der Waals surface area contributed by atoms with Crippen LogP contribution < -0.4 is 15.4 Å². The maximum absolute atomic E-state index is 12.2. The summed E-state index contributed by atoms with van der Waals surface area (Å²) in [5, 5.41) is 6.33. The number of nitrogens with one attached hydrogen (secondary N) is 2. The molecule has 2 N–H and O–H groups in total. The van der Waals surface area contributed by atoms with Crippen LogP contribution in [0.4, 0.5) is 4.79 Å². The molecule has 0 radical (unpaired) electrons. The lowest BCUT2D eigenvalue weighted by molar-refractivity contribution is 0.232. The molecule has 1 aromatic carbocycles. The van der Waals surface area contributed by atoms with E-state index in [9.17, 15) is 4.79 Å². The Hall–Kier alpha value is -3.32. The second kappa shape index (κ2) is 7.98. The molecule has 0 aliphatic heterocycles. The number of imidazole rings is 1. The number of benzene rings is 1. The molecular formula is C24H24ClN5O2. The van der Waals surface area contributed by atoms with Crippen LogP contribution >= 0.6 is 11.6 Å². The number of ether oxygens (including phenoxy) is 1. The van der Waals surface area contributed by atoms with Crippen molar-refractivity contribution in [2.45, 2.75) is 36.7 Å². The Balaban J connectivity index is 1.35. The molecule has 0 saturated heterocycles. The molecule has 5 rings (SSSR count). The lowest BCUT2D eigenvalue weighted by atomic mass is 9.92. The average Bonchev–Trinajstić information content (AvgIpc) is 3.47. The zero-order chi connectivity index (χ0) is 22.3. The number of hydrogen-bond acceptors (Lipinski definition) is 4. The average molecular weight is 450 g/mol. The van der Waals surface area contributed by atoms with Crippen molar-refractivity contribution in [2.24, 2.45) is 7.05 Å². The van der Waals surface area contributed by atoms with Crippen LogP contribution in [0.25, 0.3) is 22.2 Å². The van der Waals surface area contributed by atoms with Crippen molar-refractivity contribution in [2.75, 3.05) is 0 Å². The SMILES string of the molecule is Cn1cncc1-c1ccc2c(OC3=CC(Cl)C(C)(NC(=O)NC4CC4)C=C3)ccnc2c1. The molecule has 32 heavy (non-hydrogen) atoms. The minimum atomic E-state index is -0.703. The molecule has 2 aliphatic rings. The molecule has 2 atom stereocenters. The number of hydrogen-bond donors (Lipinski definition) is 2. The van der Waals surface area contributed by atoms with Crippen LogP contribution in [0.2, 0.25) is 0 Å². The Labute approximate surface area is 191 Å². The van der Waals surface area contributed by atoms with Gasteiger partial charge in [0.15, 0.2) is 0 Å². The van der Waals surface area contributed by atoms with Gasteiger partial charge >= 0.3 is 6.03 Å². The van der Waals surface area contributed by atoms with Crippen LogP contribution in [0.5, 0.6) is 5.75 Å². The number of aromatic nitrogens is 3. The molecule has 2 aromatic heterocycles. The number of pyridine rings is 1. The quantitative estimate of drug-likeness (QED) is 0.569. The van der Waals surface area contributed by atoms with Crippen LogP contribution in [-0.4, -0.2) is 37.5 Å². The van der Waals surface area contributed by atoms with Crippen molar-refractivity contribution in [1.82, 2.24) is 25.2 Å². The molecule has 0 spiro atoms. The van der Waals surface area contributed by atoms with Gasteiger partial charge in [0.1, 0.15) is 11.5 Å². The van der Waals surface area contributed by atoms with E-state index in [2.05, 4.69) is 20.6 Å². The van der Waals surface area contributed by atoms with E-state index in [0.717, 1.165) is 35.0 Å². The fraction of sp³-hybridized carbons (Fsp3) is 0.292. The van der Waals surface area contributed by atoms with Crippen LogP contribution in [0, 0.1) is 0 Å². The summed E-state index contributed by atoms with van der Waals surface area (Å²) in [7, 11) is 1.96. The number of allylic oxidation sites excluding steroid dienone is 1. The second-order valence-corrected chi connectivity index (χ2v) is 8.96. The van der Waals surface area contributed by atoms with Gasteiger partial charge in [-0.15, -0.1) is 11.6 Å². The Kier molecular flexibility index (Phi) is 5.13. The van der Waals surface area contributed by atoms with Gasteiger partial charge in [0, 0.05) is 30.2 Å². The lowest BCUT2D eigenvalue weighted by Gasteiger charge is -2.33. The lowest BCUT2D eigenvalue weighted by Crippen LogP contribution is -2.55. The minimum Gasteiger partial charge on any atom is -0.457 e. The van der Waals surface area contributed by atoms with Crippen LogP contribution in [0.3, 0.4) is 0 Å². The highest BCUT2D eigenvalue weighted by Crippen LogP contribution is 2.32. The van der Waals surface area contributed by atoms with E-state index in [0.29, 0.717) is 11.5 Å². The summed E-state index contributed by atoms with van der Waals surface area (Å²) in [6, 6.07) is 7.97. The van der Waals surface area contributed by atoms with Gasteiger partial charge in [0.25, 0.3) is 0 Å². The highest BCUT2D eigenvalue weighted by atomic mass is 35.5. The van der Waals surface area contributed by atoms with Crippen molar-refractivity contribution in [1.29, 1.82) is 0 Å². The fourth-order valence-electron chi connectivity index (χ4n) is 3.73. The van der Waals surface area contributed by atoms with Crippen molar-refractivity contribution >= 4 is 28.5 Å². The maximum Gasteiger partial charge on any atom is 0.315 e. The molecule has 2 heterocycles. The van der Waals surface area contributed by atoms with Crippen molar-refractivity contribution in [3.8, 4) is 17.0 Å². The molecule has 2 unspecified atom stereocenters. The molecule has 164 valence electrons. The molecular weight excluding hydrogens is 426 g/mol. The third-order valence-electron chi connectivity index (χ3n) is 5.82. The van der Waals surface area contributed by atoms with Gasteiger partial charge in [-0.3, -0.25) is 4.98 Å². The third-order valence-corrected chi connectivity index (χ3v) is 6.40. The normalized spacial score (nSPS) is 22.5. The number of aryl methyl sites for hydroxylation is 1. The number of carbonyl (C=O) groups excluding carboxylic acids is 1. The van der Waals surface area contributed by atoms with Crippen LogP contribution in [-0.2, 0) is 7.05 Å². The number of rotatable bonds is 5. The third kappa shape index (κ3) is 4.08. The zero-order valence-electron chi connectivity index (χ0n) is 17.9. The molecule has 3 aromatic rings. The number of urea groups is 1. The first-order valence-electron chi connectivity index (χ1n) is 10.6. The highest BCUT2D eigenvalue weighted by molar-refractivity contribution is 6.23. The Morgan fingerprint density at radius 3 is 2.88 bits per heavy atom. The van der Waals surface area contributed by atoms with E-state index in [1.54, 1.807) is 12.5 Å². The van der Waals surface area contributed by atoms with Crippen molar-refractivity contribution in [3.63, 3.8) is 0 Å². The number of alkyl halides is 1. The minimum absolute atomic E-state index is 0.201. The number of carbonyl (C=O) groups is 1. The zero-order valence-corrected chi connectivity index (χ0v) is 18.6. The Bertz CT molecular complexity index is 1250. The summed E-state index contributed by atoms with van der Waals surface area (Å²) in [5.41, 5.74) is 2.17. The van der Waals surface area contributed by atoms with Gasteiger partial charge in [0.05, 0.1) is 34.7 Å². The van der Waals surface area contributed by atoms with Gasteiger partial charge in [-0.25, -0.2) is 9.78 Å². The number of amides is 2. The maximum atomic E-state index is 12.2. The van der Waals surface area contributed by atoms with Gasteiger partial charge in [0.2, 0.25) is 0 Å². The predicted molar refractivity (Wildman–Crippen MR) is 125 cm³/mol. The summed E-state index contributed by atoms with van der Waals surface area (Å²) in [5.74, 6) is 1.31. The van der Waals surface area contributed by atoms with Crippen LogP contribution in [0.15, 0.2) is 67.0 Å². The van der Waals surface area contributed by atoms with Gasteiger partial charge in [-0.2, -0.15) is 0 Å². The molecule has 2 amide bonds. The van der Waals surface area contributed by atoms with Crippen molar-refractivity contribution in [3.05, 3.63) is 67.0 Å². The highest BCUT2D eigenvalue weighted by Gasteiger charge is 2.35. The van der Waals surface area contributed by atoms with E-state index in [1.165, 1.54) is 0 Å². The molecule has 2 aliphatic carbocycles. The summed E-state index contributed by atoms with van der Waals surface area (Å²) < 4.78 is 8.14. The monoisotopic (exact) mass is 449 g/mol. The summed E-state index contributed by atoms with van der Waals surface area (Å²) in [6.07, 6.45) is 12.9. The van der Waals surface area contributed by atoms with E-state index in [4.69, 9.17) is 16.3 Å². The van der Waals surface area contributed by atoms with Gasteiger partial charge in [-0.05, 0) is 50.1 Å². The Morgan fingerprint density at radius 2 is 2.16 bits per heavy atom. The molecule has 0 bridgehead atoms. The first-order chi connectivity index (χ1) is 15.4. The number of nitrogens with zero attached hydrogens (tertiary/aromatic N) is 3. The fourth-order valence-corrected chi connectivity index (χ4v) is 3.98. The van der Waals surface area contributed by atoms with Gasteiger partial charge < -0.3 is 19.9 Å². The van der Waals surface area contributed by atoms with E-state index in [-0.39, 0.29) is 12.1 Å². The first-order valence-corrected chi connectivity index (χ1v) is 11.0. The summed E-state index contributed by atoms with van der Waals surface area (Å²) in [4.78, 5) is 20.9. The largest absolute Gasteiger partial charge is 0.457 e. The molecule has 7 nitrogen and oxygen atoms in total. The topological polar surface area (TPSA) is 81.1 Å². The molecule has 1 fully saturated rings. The predicted octanol–water partition coefficient (Wildman–Crippen LogP) is 4.30. The molecule has 1 saturated carbocycles. The van der Waals surface area contributed by atoms with Crippen molar-refractivity contribution < 1.29 is 9.53 Å². The van der Waals surface area contributed by atoms with E-state index in [1.807, 2.05) is 67.2 Å². The summed E-state index contributed by atoms with van der Waals surface area (Å²) >= 11 is 6.62. The number of halogens is 1. The second-order valence-electron chi connectivity index (χ2n) is 8.49.